The zero-order valence-electron chi connectivity index (χ0n) is 6.66. The molecule has 0 saturated heterocycles. The lowest BCUT2D eigenvalue weighted by atomic mass is 10.0. The summed E-state index contributed by atoms with van der Waals surface area (Å²) in [6, 6.07) is 0. The Hall–Kier alpha value is -1.06. The largest absolute Gasteiger partial charge is 0.623 e. The summed E-state index contributed by atoms with van der Waals surface area (Å²) in [5.74, 6) is -0.457. The lowest BCUT2D eigenvalue weighted by Crippen LogP contribution is -2.42. The molecular formula is C7H11NO3. The molecule has 1 atom stereocenters. The molecule has 62 valence electrons. The summed E-state index contributed by atoms with van der Waals surface area (Å²) in [6.07, 6.45) is 2.66. The van der Waals surface area contributed by atoms with Crippen LogP contribution < -0.4 is 0 Å². The Morgan fingerprint density at radius 2 is 2.45 bits per heavy atom. The summed E-state index contributed by atoms with van der Waals surface area (Å²) < 4.78 is 5.19. The molecule has 1 aliphatic rings. The van der Waals surface area contributed by atoms with Gasteiger partial charge in [0.25, 0.3) is 5.54 Å². The molecule has 0 aliphatic carbocycles. The van der Waals surface area contributed by atoms with Crippen molar-refractivity contribution in [3.63, 3.8) is 0 Å². The van der Waals surface area contributed by atoms with Crippen molar-refractivity contribution in [1.29, 1.82) is 0 Å². The fourth-order valence-electron chi connectivity index (χ4n) is 1.19. The van der Waals surface area contributed by atoms with Gasteiger partial charge in [-0.15, -0.1) is 0 Å². The van der Waals surface area contributed by atoms with E-state index in [1.165, 1.54) is 13.3 Å². The maximum Gasteiger partial charge on any atom is 0.379 e. The van der Waals surface area contributed by atoms with E-state index in [0.717, 1.165) is 0 Å². The topological polar surface area (TPSA) is 52.4 Å². The first-order chi connectivity index (χ1) is 5.11. The van der Waals surface area contributed by atoms with Crippen molar-refractivity contribution in [3.8, 4) is 0 Å². The predicted octanol–water partition coefficient (Wildman–Crippen LogP) is 0.293. The molecule has 1 unspecified atom stereocenters. The molecular weight excluding hydrogens is 146 g/mol. The van der Waals surface area contributed by atoms with Crippen LogP contribution in [0.3, 0.4) is 0 Å². The van der Waals surface area contributed by atoms with Crippen LogP contribution in [0, 0.1) is 5.21 Å². The molecule has 11 heavy (non-hydrogen) atoms. The molecule has 0 N–H and O–H groups in total. The van der Waals surface area contributed by atoms with E-state index >= 15 is 0 Å². The molecule has 0 bridgehead atoms. The Kier molecular flexibility index (Phi) is 1.85. The van der Waals surface area contributed by atoms with E-state index in [1.54, 1.807) is 6.92 Å². The van der Waals surface area contributed by atoms with Crippen molar-refractivity contribution in [2.24, 2.45) is 0 Å². The van der Waals surface area contributed by atoms with Gasteiger partial charge in [-0.05, 0) is 0 Å². The van der Waals surface area contributed by atoms with Gasteiger partial charge in [-0.1, -0.05) is 0 Å². The lowest BCUT2D eigenvalue weighted by Gasteiger charge is -2.19. The number of carbonyl (C=O) groups excluding carboxylic acids is 1. The van der Waals surface area contributed by atoms with Crippen molar-refractivity contribution in [3.05, 3.63) is 5.21 Å². The Morgan fingerprint density at radius 1 is 1.82 bits per heavy atom. The Bertz CT molecular complexity index is 212. The van der Waals surface area contributed by atoms with E-state index in [9.17, 15) is 10.0 Å². The van der Waals surface area contributed by atoms with Gasteiger partial charge in [-0.25, -0.2) is 4.79 Å². The predicted molar refractivity (Wildman–Crippen MR) is 39.3 cm³/mol. The zero-order valence-corrected chi connectivity index (χ0v) is 6.66. The quantitative estimate of drug-likeness (QED) is 0.312. The summed E-state index contributed by atoms with van der Waals surface area (Å²) in [5.41, 5.74) is -0.977. The molecule has 0 saturated carbocycles. The van der Waals surface area contributed by atoms with Crippen LogP contribution in [-0.4, -0.2) is 29.6 Å². The fourth-order valence-corrected chi connectivity index (χ4v) is 1.19. The van der Waals surface area contributed by atoms with Crippen LogP contribution in [0.1, 0.15) is 19.8 Å². The molecule has 1 heterocycles. The van der Waals surface area contributed by atoms with Crippen LogP contribution in [-0.2, 0) is 9.53 Å². The maximum atomic E-state index is 11.1. The van der Waals surface area contributed by atoms with E-state index in [4.69, 9.17) is 0 Å². The number of hydroxylamine groups is 1. The number of hydrogen-bond acceptors (Lipinski definition) is 3. The number of hydrogen-bond donors (Lipinski definition) is 0. The summed E-state index contributed by atoms with van der Waals surface area (Å²) in [4.78, 5) is 11.1. The fraction of sp³-hybridized carbons (Fsp3) is 0.714. The number of methoxy groups -OCH3 is 1. The second kappa shape index (κ2) is 2.53. The highest BCUT2D eigenvalue weighted by atomic mass is 16.5. The van der Waals surface area contributed by atoms with E-state index in [2.05, 4.69) is 4.74 Å². The summed E-state index contributed by atoms with van der Waals surface area (Å²) in [7, 11) is 1.29. The third kappa shape index (κ3) is 1.08. The van der Waals surface area contributed by atoms with E-state index < -0.39 is 11.5 Å². The Labute approximate surface area is 65.1 Å². The third-order valence-electron chi connectivity index (χ3n) is 2.04. The smallest absolute Gasteiger partial charge is 0.379 e. The molecule has 4 nitrogen and oxygen atoms in total. The van der Waals surface area contributed by atoms with Gasteiger partial charge >= 0.3 is 5.97 Å². The minimum absolute atomic E-state index is 0.457. The molecule has 4 heteroatoms. The molecule has 0 aromatic carbocycles. The van der Waals surface area contributed by atoms with Crippen molar-refractivity contribution >= 4 is 12.2 Å². The Morgan fingerprint density at radius 3 is 2.82 bits per heavy atom. The second-order valence-electron chi connectivity index (χ2n) is 2.81. The first-order valence-corrected chi connectivity index (χ1v) is 3.49. The van der Waals surface area contributed by atoms with E-state index in [-0.39, 0.29) is 0 Å². The van der Waals surface area contributed by atoms with Crippen molar-refractivity contribution in [2.75, 3.05) is 7.11 Å². The van der Waals surface area contributed by atoms with Gasteiger partial charge in [0.1, 0.15) is 0 Å². The highest BCUT2D eigenvalue weighted by molar-refractivity contribution is 5.80. The van der Waals surface area contributed by atoms with Gasteiger partial charge in [0.05, 0.1) is 7.11 Å². The number of esters is 1. The van der Waals surface area contributed by atoms with Gasteiger partial charge in [-0.2, -0.15) is 4.74 Å². The standard InChI is InChI=1S/C7H11NO3/c1-7(6(9)11-2)4-3-5-8(7)10/h5H,3-4H2,1-2H3. The van der Waals surface area contributed by atoms with Crippen LogP contribution in [0.4, 0.5) is 0 Å². The molecule has 1 aliphatic heterocycles. The molecule has 0 aromatic rings. The third-order valence-corrected chi connectivity index (χ3v) is 2.04. The lowest BCUT2D eigenvalue weighted by molar-refractivity contribution is -0.517. The van der Waals surface area contributed by atoms with Crippen LogP contribution in [0.5, 0.6) is 0 Å². The van der Waals surface area contributed by atoms with Gasteiger partial charge in [0, 0.05) is 19.8 Å². The van der Waals surface area contributed by atoms with Gasteiger partial charge in [-0.3, -0.25) is 0 Å². The van der Waals surface area contributed by atoms with Crippen molar-refractivity contribution in [1.82, 2.24) is 0 Å². The highest BCUT2D eigenvalue weighted by Crippen LogP contribution is 2.22. The van der Waals surface area contributed by atoms with Gasteiger partial charge in [0.15, 0.2) is 6.21 Å². The summed E-state index contributed by atoms with van der Waals surface area (Å²) >= 11 is 0. The highest BCUT2D eigenvalue weighted by Gasteiger charge is 2.45. The number of ether oxygens (including phenoxy) is 1. The van der Waals surface area contributed by atoms with Crippen molar-refractivity contribution < 1.29 is 14.3 Å². The SMILES string of the molecule is COC(=O)C1(C)CCC=[N+]1[O-]. The Balaban J connectivity index is 2.83. The number of nitrogens with zero attached hydrogens (tertiary/aromatic N) is 1. The number of rotatable bonds is 1. The molecule has 1 rings (SSSR count). The van der Waals surface area contributed by atoms with E-state index in [0.29, 0.717) is 17.6 Å². The van der Waals surface area contributed by atoms with Gasteiger partial charge in [0.2, 0.25) is 0 Å². The first kappa shape index (κ1) is 8.04. The molecule has 0 amide bonds. The minimum atomic E-state index is -0.977. The van der Waals surface area contributed by atoms with Crippen LogP contribution in [0.2, 0.25) is 0 Å². The van der Waals surface area contributed by atoms with Gasteiger partial charge < -0.3 is 9.94 Å². The maximum absolute atomic E-state index is 11.1. The van der Waals surface area contributed by atoms with Crippen LogP contribution in [0.15, 0.2) is 0 Å². The van der Waals surface area contributed by atoms with E-state index in [1.807, 2.05) is 0 Å². The van der Waals surface area contributed by atoms with Crippen molar-refractivity contribution in [2.45, 2.75) is 25.3 Å². The molecule has 0 aromatic heterocycles. The first-order valence-electron chi connectivity index (χ1n) is 3.49. The molecule has 0 radical (unpaired) electrons. The summed E-state index contributed by atoms with van der Waals surface area (Å²) in [6.45, 7) is 1.59. The average molecular weight is 157 g/mol. The zero-order chi connectivity index (χ0) is 8.48. The number of carbonyl (C=O) groups is 1. The minimum Gasteiger partial charge on any atom is -0.623 e. The molecule has 0 fully saturated rings. The normalized spacial score (nSPS) is 29.8. The average Bonchev–Trinajstić information content (AvgIpc) is 2.32. The molecule has 0 spiro atoms. The monoisotopic (exact) mass is 157 g/mol. The van der Waals surface area contributed by atoms with Crippen LogP contribution in [0.25, 0.3) is 0 Å². The second-order valence-corrected chi connectivity index (χ2v) is 2.81. The summed E-state index contributed by atoms with van der Waals surface area (Å²) in [5, 5.41) is 11.1. The van der Waals surface area contributed by atoms with Crippen LogP contribution >= 0.6 is 0 Å².